The Morgan fingerprint density at radius 1 is 1.26 bits per heavy atom. The Bertz CT molecular complexity index is 726. The average molecular weight is 489 g/mol. The molecular formula is C17H28IN7O2. The third-order valence-electron chi connectivity index (χ3n) is 3.88. The van der Waals surface area contributed by atoms with Crippen LogP contribution in [0.1, 0.15) is 35.3 Å². The fraction of sp³-hybridized carbons (Fsp3) is 0.529. The van der Waals surface area contributed by atoms with Crippen LogP contribution in [-0.2, 0) is 13.0 Å². The Morgan fingerprint density at radius 2 is 2.00 bits per heavy atom. The second-order valence-corrected chi connectivity index (χ2v) is 5.76. The number of amides is 1. The van der Waals surface area contributed by atoms with Gasteiger partial charge in [-0.05, 0) is 19.4 Å². The molecule has 0 fully saturated rings. The van der Waals surface area contributed by atoms with Crippen LogP contribution < -0.4 is 16.0 Å². The first-order valence-electron chi connectivity index (χ1n) is 8.79. The highest BCUT2D eigenvalue weighted by Crippen LogP contribution is 2.07. The number of carbonyl (C=O) groups excluding carboxylic acids is 1. The molecule has 0 aliphatic heterocycles. The van der Waals surface area contributed by atoms with Gasteiger partial charge in [0.25, 0.3) is 5.91 Å². The van der Waals surface area contributed by atoms with Crippen molar-refractivity contribution in [3.63, 3.8) is 0 Å². The molecule has 3 N–H and O–H groups in total. The summed E-state index contributed by atoms with van der Waals surface area (Å²) < 4.78 is 7.18. The maximum absolute atomic E-state index is 11.9. The molecule has 2 aromatic rings. The van der Waals surface area contributed by atoms with Crippen LogP contribution in [0.5, 0.6) is 0 Å². The summed E-state index contributed by atoms with van der Waals surface area (Å²) >= 11 is 0. The molecule has 150 valence electrons. The van der Waals surface area contributed by atoms with Crippen molar-refractivity contribution in [1.29, 1.82) is 0 Å². The SMILES string of the molecule is CCc1nncn1CCNC(=NC)NCCCNC(=O)c1occc1C.I. The van der Waals surface area contributed by atoms with E-state index in [0.717, 1.165) is 43.3 Å². The summed E-state index contributed by atoms with van der Waals surface area (Å²) in [5, 5.41) is 17.3. The Hall–Kier alpha value is -2.11. The number of aryl methyl sites for hydroxylation is 2. The van der Waals surface area contributed by atoms with E-state index in [-0.39, 0.29) is 29.9 Å². The average Bonchev–Trinajstić information content (AvgIpc) is 3.28. The minimum absolute atomic E-state index is 0. The number of guanidine groups is 1. The topological polar surface area (TPSA) is 109 Å². The van der Waals surface area contributed by atoms with Gasteiger partial charge in [0.15, 0.2) is 11.7 Å². The van der Waals surface area contributed by atoms with E-state index in [0.29, 0.717) is 18.8 Å². The molecule has 0 atom stereocenters. The molecule has 0 aliphatic carbocycles. The summed E-state index contributed by atoms with van der Waals surface area (Å²) in [6, 6.07) is 1.77. The van der Waals surface area contributed by atoms with Crippen molar-refractivity contribution >= 4 is 35.8 Å². The van der Waals surface area contributed by atoms with Crippen molar-refractivity contribution in [2.24, 2.45) is 4.99 Å². The number of hydrogen-bond donors (Lipinski definition) is 3. The van der Waals surface area contributed by atoms with E-state index >= 15 is 0 Å². The van der Waals surface area contributed by atoms with Crippen LogP contribution in [0.15, 0.2) is 28.1 Å². The van der Waals surface area contributed by atoms with Crippen molar-refractivity contribution in [3.8, 4) is 0 Å². The molecule has 2 aromatic heterocycles. The van der Waals surface area contributed by atoms with Gasteiger partial charge in [-0.1, -0.05) is 6.92 Å². The second kappa shape index (κ2) is 12.3. The molecule has 1 amide bonds. The van der Waals surface area contributed by atoms with Gasteiger partial charge in [0.05, 0.1) is 6.26 Å². The van der Waals surface area contributed by atoms with Crippen molar-refractivity contribution in [1.82, 2.24) is 30.7 Å². The number of nitrogens with zero attached hydrogens (tertiary/aromatic N) is 4. The minimum atomic E-state index is -0.185. The molecule has 0 aliphatic rings. The largest absolute Gasteiger partial charge is 0.459 e. The maximum Gasteiger partial charge on any atom is 0.287 e. The highest BCUT2D eigenvalue weighted by molar-refractivity contribution is 14.0. The van der Waals surface area contributed by atoms with Gasteiger partial charge in [-0.25, -0.2) is 0 Å². The number of hydrogen-bond acceptors (Lipinski definition) is 5. The highest BCUT2D eigenvalue weighted by Gasteiger charge is 2.11. The number of furan rings is 1. The van der Waals surface area contributed by atoms with E-state index in [1.54, 1.807) is 19.4 Å². The molecule has 0 saturated carbocycles. The summed E-state index contributed by atoms with van der Waals surface area (Å²) in [4.78, 5) is 16.1. The van der Waals surface area contributed by atoms with Gasteiger partial charge in [-0.2, -0.15) is 0 Å². The quantitative estimate of drug-likeness (QED) is 0.212. The zero-order chi connectivity index (χ0) is 18.8. The molecule has 0 saturated heterocycles. The summed E-state index contributed by atoms with van der Waals surface area (Å²) in [6.45, 7) is 6.65. The molecule has 0 aromatic carbocycles. The predicted octanol–water partition coefficient (Wildman–Crippen LogP) is 1.35. The van der Waals surface area contributed by atoms with Crippen LogP contribution in [0.25, 0.3) is 0 Å². The molecule has 0 radical (unpaired) electrons. The Balaban J connectivity index is 0.00000364. The molecule has 2 rings (SSSR count). The van der Waals surface area contributed by atoms with Gasteiger partial charge in [-0.15, -0.1) is 34.2 Å². The summed E-state index contributed by atoms with van der Waals surface area (Å²) in [7, 11) is 1.73. The molecule has 0 bridgehead atoms. The molecule has 0 unspecified atom stereocenters. The molecule has 10 heteroatoms. The molecular weight excluding hydrogens is 461 g/mol. The smallest absolute Gasteiger partial charge is 0.287 e. The zero-order valence-electron chi connectivity index (χ0n) is 16.0. The van der Waals surface area contributed by atoms with E-state index in [2.05, 4.69) is 38.1 Å². The normalized spacial score (nSPS) is 11.0. The lowest BCUT2D eigenvalue weighted by molar-refractivity contribution is 0.0925. The van der Waals surface area contributed by atoms with Gasteiger partial charge in [0.2, 0.25) is 0 Å². The van der Waals surface area contributed by atoms with Gasteiger partial charge in [0.1, 0.15) is 12.2 Å². The Kier molecular flexibility index (Phi) is 10.5. The van der Waals surface area contributed by atoms with Crippen LogP contribution in [-0.4, -0.2) is 53.3 Å². The van der Waals surface area contributed by atoms with Crippen molar-refractivity contribution < 1.29 is 9.21 Å². The fourth-order valence-corrected chi connectivity index (χ4v) is 2.44. The molecule has 9 nitrogen and oxygen atoms in total. The fourth-order valence-electron chi connectivity index (χ4n) is 2.44. The van der Waals surface area contributed by atoms with Crippen LogP contribution in [0, 0.1) is 6.92 Å². The number of rotatable bonds is 9. The summed E-state index contributed by atoms with van der Waals surface area (Å²) in [5.41, 5.74) is 0.838. The van der Waals surface area contributed by atoms with E-state index < -0.39 is 0 Å². The first-order valence-corrected chi connectivity index (χ1v) is 8.79. The van der Waals surface area contributed by atoms with Crippen molar-refractivity contribution in [2.45, 2.75) is 33.2 Å². The third-order valence-corrected chi connectivity index (χ3v) is 3.88. The predicted molar refractivity (Wildman–Crippen MR) is 115 cm³/mol. The van der Waals surface area contributed by atoms with E-state index in [9.17, 15) is 4.79 Å². The Labute approximate surface area is 176 Å². The Morgan fingerprint density at radius 3 is 2.67 bits per heavy atom. The lowest BCUT2D eigenvalue weighted by Gasteiger charge is -2.12. The van der Waals surface area contributed by atoms with Gasteiger partial charge < -0.3 is 24.9 Å². The number of carbonyl (C=O) groups is 1. The van der Waals surface area contributed by atoms with E-state index in [4.69, 9.17) is 4.42 Å². The minimum Gasteiger partial charge on any atom is -0.459 e. The molecule has 27 heavy (non-hydrogen) atoms. The standard InChI is InChI=1S/C17H27N7O2.HI/c1-4-14-23-22-12-24(14)10-9-21-17(18-3)20-8-5-7-19-16(25)15-13(2)6-11-26-15;/h6,11-12H,4-5,7-10H2,1-3H3,(H,19,25)(H2,18,20,21);1H. The van der Waals surface area contributed by atoms with Crippen molar-refractivity contribution in [3.05, 3.63) is 35.8 Å². The van der Waals surface area contributed by atoms with Gasteiger partial charge in [0, 0.05) is 45.2 Å². The lowest BCUT2D eigenvalue weighted by Crippen LogP contribution is -2.40. The summed E-state index contributed by atoms with van der Waals surface area (Å²) in [5.74, 6) is 1.88. The first-order chi connectivity index (χ1) is 12.7. The van der Waals surface area contributed by atoms with Gasteiger partial charge in [-0.3, -0.25) is 9.79 Å². The number of aromatic nitrogens is 3. The van der Waals surface area contributed by atoms with Crippen LogP contribution in [0.2, 0.25) is 0 Å². The van der Waals surface area contributed by atoms with Crippen LogP contribution in [0.3, 0.4) is 0 Å². The number of halogens is 1. The number of aliphatic imine (C=N–C) groups is 1. The van der Waals surface area contributed by atoms with E-state index in [1.165, 1.54) is 6.26 Å². The van der Waals surface area contributed by atoms with E-state index in [1.807, 2.05) is 11.5 Å². The zero-order valence-corrected chi connectivity index (χ0v) is 18.3. The number of nitrogens with one attached hydrogen (secondary N) is 3. The third kappa shape index (κ3) is 7.19. The first kappa shape index (κ1) is 22.9. The maximum atomic E-state index is 11.9. The second-order valence-electron chi connectivity index (χ2n) is 5.76. The van der Waals surface area contributed by atoms with Gasteiger partial charge >= 0.3 is 0 Å². The van der Waals surface area contributed by atoms with Crippen LogP contribution >= 0.6 is 24.0 Å². The monoisotopic (exact) mass is 489 g/mol. The molecule has 0 spiro atoms. The summed E-state index contributed by atoms with van der Waals surface area (Å²) in [6.07, 6.45) is 4.89. The lowest BCUT2D eigenvalue weighted by atomic mass is 10.2. The van der Waals surface area contributed by atoms with Crippen LogP contribution in [0.4, 0.5) is 0 Å². The van der Waals surface area contributed by atoms with Crippen molar-refractivity contribution in [2.75, 3.05) is 26.7 Å². The molecule has 2 heterocycles. The highest BCUT2D eigenvalue weighted by atomic mass is 127.